The van der Waals surface area contributed by atoms with Crippen LogP contribution >= 0.6 is 11.8 Å². The van der Waals surface area contributed by atoms with E-state index >= 15 is 0 Å². The summed E-state index contributed by atoms with van der Waals surface area (Å²) < 4.78 is 40.1. The van der Waals surface area contributed by atoms with E-state index in [1.54, 1.807) is 0 Å². The number of amides is 2. The minimum absolute atomic E-state index is 0.252. The van der Waals surface area contributed by atoms with Crippen molar-refractivity contribution >= 4 is 33.8 Å². The Labute approximate surface area is 162 Å². The quantitative estimate of drug-likeness (QED) is 0.612. The maximum atomic E-state index is 12.7. The van der Waals surface area contributed by atoms with Gasteiger partial charge in [-0.1, -0.05) is 24.3 Å². The Morgan fingerprint density at radius 2 is 1.75 bits per heavy atom. The van der Waals surface area contributed by atoms with Gasteiger partial charge in [-0.05, 0) is 47.2 Å². The second kappa shape index (κ2) is 6.70. The molecule has 0 aliphatic carbocycles. The molecule has 144 valence electrons. The fraction of sp³-hybridized carbons (Fsp3) is 0.200. The molecule has 0 radical (unpaired) electrons. The topological polar surface area (TPSA) is 42.3 Å². The van der Waals surface area contributed by atoms with Crippen LogP contribution < -0.4 is 0 Å². The van der Waals surface area contributed by atoms with Gasteiger partial charge in [0.05, 0.1) is 5.56 Å². The first kappa shape index (κ1) is 18.6. The standard InChI is InChI=1S/C20H15F3N2O2S/c1-24-18(26)17(28-19(24)27)15-3-2-4-16-14(15)9-10-25(16)11-12-5-7-13(8-6-12)20(21,22)23/h2-10,17H,11H2,1H3. The van der Waals surface area contributed by atoms with Crippen LogP contribution in [-0.4, -0.2) is 27.7 Å². The summed E-state index contributed by atoms with van der Waals surface area (Å²) >= 11 is 0.988. The lowest BCUT2D eigenvalue weighted by molar-refractivity contribution is -0.137. The highest BCUT2D eigenvalue weighted by atomic mass is 32.2. The summed E-state index contributed by atoms with van der Waals surface area (Å²) in [6.07, 6.45) is -2.52. The number of hydrogen-bond acceptors (Lipinski definition) is 3. The Morgan fingerprint density at radius 1 is 1.04 bits per heavy atom. The van der Waals surface area contributed by atoms with Crippen LogP contribution in [0.2, 0.25) is 0 Å². The number of alkyl halides is 3. The van der Waals surface area contributed by atoms with E-state index < -0.39 is 17.0 Å². The molecule has 0 bridgehead atoms. The number of aromatic nitrogens is 1. The highest BCUT2D eigenvalue weighted by molar-refractivity contribution is 8.15. The third kappa shape index (κ3) is 3.17. The van der Waals surface area contributed by atoms with Gasteiger partial charge in [-0.2, -0.15) is 13.2 Å². The lowest BCUT2D eigenvalue weighted by Crippen LogP contribution is -2.24. The molecule has 1 aliphatic rings. The smallest absolute Gasteiger partial charge is 0.343 e. The molecule has 0 N–H and O–H groups in total. The van der Waals surface area contributed by atoms with Crippen LogP contribution in [0, 0.1) is 0 Å². The molecule has 1 unspecified atom stereocenters. The van der Waals surface area contributed by atoms with Gasteiger partial charge >= 0.3 is 6.18 Å². The summed E-state index contributed by atoms with van der Waals surface area (Å²) in [6.45, 7) is 0.398. The predicted octanol–water partition coefficient (Wildman–Crippen LogP) is 5.07. The summed E-state index contributed by atoms with van der Waals surface area (Å²) in [4.78, 5) is 25.3. The van der Waals surface area contributed by atoms with Crippen molar-refractivity contribution in [2.24, 2.45) is 0 Å². The average molecular weight is 404 g/mol. The van der Waals surface area contributed by atoms with Crippen molar-refractivity contribution in [2.45, 2.75) is 18.0 Å². The van der Waals surface area contributed by atoms with Gasteiger partial charge in [0.25, 0.3) is 5.24 Å². The predicted molar refractivity (Wildman–Crippen MR) is 101 cm³/mol. The van der Waals surface area contributed by atoms with Crippen molar-refractivity contribution < 1.29 is 22.8 Å². The van der Waals surface area contributed by atoms with Crippen molar-refractivity contribution in [3.63, 3.8) is 0 Å². The van der Waals surface area contributed by atoms with Crippen molar-refractivity contribution in [1.29, 1.82) is 0 Å². The largest absolute Gasteiger partial charge is 0.416 e. The number of nitrogens with zero attached hydrogens (tertiary/aromatic N) is 2. The maximum absolute atomic E-state index is 12.7. The zero-order valence-electron chi connectivity index (χ0n) is 14.7. The number of thioether (sulfide) groups is 1. The third-order valence-corrected chi connectivity index (χ3v) is 5.98. The molecule has 8 heteroatoms. The number of benzene rings is 2. The summed E-state index contributed by atoms with van der Waals surface area (Å²) in [5, 5.41) is -0.0114. The third-order valence-electron chi connectivity index (χ3n) is 4.81. The zero-order chi connectivity index (χ0) is 20.1. The van der Waals surface area contributed by atoms with Gasteiger partial charge in [-0.15, -0.1) is 0 Å². The van der Waals surface area contributed by atoms with Gasteiger partial charge < -0.3 is 4.57 Å². The average Bonchev–Trinajstić information content (AvgIpc) is 3.18. The van der Waals surface area contributed by atoms with E-state index in [9.17, 15) is 22.8 Å². The molecule has 1 atom stereocenters. The van der Waals surface area contributed by atoms with Crippen LogP contribution in [0.4, 0.5) is 18.0 Å². The van der Waals surface area contributed by atoms with Gasteiger partial charge in [0.15, 0.2) is 0 Å². The first-order chi connectivity index (χ1) is 13.3. The lowest BCUT2D eigenvalue weighted by atomic mass is 10.1. The molecule has 1 aromatic heterocycles. The second-order valence-corrected chi connectivity index (χ2v) is 7.64. The van der Waals surface area contributed by atoms with Crippen molar-refractivity contribution in [1.82, 2.24) is 9.47 Å². The first-order valence-corrected chi connectivity index (χ1v) is 9.36. The van der Waals surface area contributed by atoms with Crippen molar-refractivity contribution in [3.05, 3.63) is 71.4 Å². The molecule has 2 heterocycles. The van der Waals surface area contributed by atoms with E-state index in [0.29, 0.717) is 6.54 Å². The summed E-state index contributed by atoms with van der Waals surface area (Å²) in [6, 6.07) is 12.5. The Bertz CT molecular complexity index is 1070. The first-order valence-electron chi connectivity index (χ1n) is 8.48. The fourth-order valence-corrected chi connectivity index (χ4v) is 4.34. The number of imide groups is 1. The van der Waals surface area contributed by atoms with E-state index in [-0.39, 0.29) is 11.1 Å². The highest BCUT2D eigenvalue weighted by Crippen LogP contribution is 2.41. The Hall–Kier alpha value is -2.74. The maximum Gasteiger partial charge on any atom is 0.416 e. The van der Waals surface area contributed by atoms with E-state index in [1.165, 1.54) is 19.2 Å². The minimum atomic E-state index is -4.36. The number of fused-ring (bicyclic) bond motifs is 1. The van der Waals surface area contributed by atoms with Crippen LogP contribution in [0.25, 0.3) is 10.9 Å². The van der Waals surface area contributed by atoms with Crippen molar-refractivity contribution in [3.8, 4) is 0 Å². The normalized spacial score (nSPS) is 17.7. The van der Waals surface area contributed by atoms with Crippen molar-refractivity contribution in [2.75, 3.05) is 7.05 Å². The Morgan fingerprint density at radius 3 is 2.36 bits per heavy atom. The number of rotatable bonds is 3. The molecule has 0 spiro atoms. The molecule has 3 aromatic rings. The Kier molecular flexibility index (Phi) is 4.45. The molecule has 2 aromatic carbocycles. The van der Waals surface area contributed by atoms with Gasteiger partial charge in [-0.25, -0.2) is 0 Å². The number of hydrogen-bond donors (Lipinski definition) is 0. The van der Waals surface area contributed by atoms with Gasteiger partial charge in [0, 0.05) is 30.7 Å². The van der Waals surface area contributed by atoms with Gasteiger partial charge in [0.2, 0.25) is 5.91 Å². The molecule has 1 saturated heterocycles. The molecular formula is C20H15F3N2O2S. The second-order valence-electron chi connectivity index (χ2n) is 6.58. The number of halogens is 3. The van der Waals surface area contributed by atoms with E-state index in [0.717, 1.165) is 50.8 Å². The molecular weight excluding hydrogens is 389 g/mol. The lowest BCUT2D eigenvalue weighted by Gasteiger charge is -2.11. The minimum Gasteiger partial charge on any atom is -0.343 e. The van der Waals surface area contributed by atoms with E-state index in [4.69, 9.17) is 0 Å². The molecule has 4 nitrogen and oxygen atoms in total. The Balaban J connectivity index is 1.66. The summed E-state index contributed by atoms with van der Waals surface area (Å²) in [5.74, 6) is -0.252. The number of likely N-dealkylation sites (N-methyl/N-ethyl adjacent to an activating group) is 1. The molecule has 28 heavy (non-hydrogen) atoms. The molecule has 1 aliphatic heterocycles. The van der Waals surface area contributed by atoms with E-state index in [1.807, 2.05) is 35.0 Å². The highest BCUT2D eigenvalue weighted by Gasteiger charge is 2.39. The molecule has 2 amide bonds. The SMILES string of the molecule is CN1C(=O)SC(c2cccc3c2ccn3Cc2ccc(C(F)(F)F)cc2)C1=O. The molecule has 0 saturated carbocycles. The van der Waals surface area contributed by atoms with Gasteiger partial charge in [0.1, 0.15) is 5.25 Å². The monoisotopic (exact) mass is 404 g/mol. The zero-order valence-corrected chi connectivity index (χ0v) is 15.6. The number of carbonyl (C=O) groups is 2. The molecule has 4 rings (SSSR count). The van der Waals surface area contributed by atoms with Crippen LogP contribution in [-0.2, 0) is 17.5 Å². The van der Waals surface area contributed by atoms with Gasteiger partial charge in [-0.3, -0.25) is 14.5 Å². The van der Waals surface area contributed by atoms with Crippen LogP contribution in [0.5, 0.6) is 0 Å². The summed E-state index contributed by atoms with van der Waals surface area (Å²) in [5.41, 5.74) is 1.67. The van der Waals surface area contributed by atoms with Crippen LogP contribution in [0.15, 0.2) is 54.7 Å². The molecule has 1 fully saturated rings. The van der Waals surface area contributed by atoms with Crippen LogP contribution in [0.1, 0.15) is 21.9 Å². The van der Waals surface area contributed by atoms with E-state index in [2.05, 4.69) is 0 Å². The summed E-state index contributed by atoms with van der Waals surface area (Å²) in [7, 11) is 1.47. The number of carbonyl (C=O) groups excluding carboxylic acids is 2. The fourth-order valence-electron chi connectivity index (χ4n) is 3.30. The van der Waals surface area contributed by atoms with Crippen LogP contribution in [0.3, 0.4) is 0 Å².